The van der Waals surface area contributed by atoms with E-state index in [1.165, 1.54) is 11.3 Å². The van der Waals surface area contributed by atoms with Crippen LogP contribution in [0.25, 0.3) is 0 Å². The fourth-order valence-electron chi connectivity index (χ4n) is 1.78. The Bertz CT molecular complexity index is 382. The van der Waals surface area contributed by atoms with Crippen molar-refractivity contribution in [3.05, 3.63) is 15.5 Å². The number of halogens is 1. The normalized spacial score (nSPS) is 21.5. The summed E-state index contributed by atoms with van der Waals surface area (Å²) in [6.07, 6.45) is 3.20. The van der Waals surface area contributed by atoms with Crippen LogP contribution in [0.15, 0.2) is 6.20 Å². The second-order valence-corrected chi connectivity index (χ2v) is 5.70. The number of thiazole rings is 1. The molecule has 88 valence electrons. The molecule has 0 spiro atoms. The minimum atomic E-state index is 0.232. The van der Waals surface area contributed by atoms with Gasteiger partial charge in [0.1, 0.15) is 9.34 Å². The van der Waals surface area contributed by atoms with Crippen molar-refractivity contribution in [2.75, 3.05) is 13.6 Å². The van der Waals surface area contributed by atoms with Gasteiger partial charge in [-0.05, 0) is 6.42 Å². The van der Waals surface area contributed by atoms with Crippen molar-refractivity contribution < 1.29 is 4.79 Å². The first-order valence-electron chi connectivity index (χ1n) is 5.22. The van der Waals surface area contributed by atoms with Crippen LogP contribution in [0.4, 0.5) is 0 Å². The number of likely N-dealkylation sites (N-methyl/N-ethyl adjacent to an activating group) is 1. The molecule has 0 saturated carbocycles. The number of nitrogens with one attached hydrogen (secondary N) is 1. The molecule has 2 rings (SSSR count). The van der Waals surface area contributed by atoms with E-state index in [-0.39, 0.29) is 5.91 Å². The Kier molecular flexibility index (Phi) is 3.78. The van der Waals surface area contributed by atoms with Gasteiger partial charge in [-0.2, -0.15) is 0 Å². The van der Waals surface area contributed by atoms with E-state index in [9.17, 15) is 4.79 Å². The lowest BCUT2D eigenvalue weighted by molar-refractivity contribution is -0.132. The molecule has 1 amide bonds. The summed E-state index contributed by atoms with van der Waals surface area (Å²) < 4.78 is 0.715. The number of likely N-dealkylation sites (tertiary alicyclic amines) is 1. The van der Waals surface area contributed by atoms with Gasteiger partial charge >= 0.3 is 0 Å². The van der Waals surface area contributed by atoms with Crippen LogP contribution in [-0.2, 0) is 11.3 Å². The van der Waals surface area contributed by atoms with E-state index in [1.807, 2.05) is 7.05 Å². The molecule has 1 N–H and O–H groups in total. The molecule has 1 unspecified atom stereocenters. The predicted molar refractivity (Wildman–Crippen MR) is 64.6 cm³/mol. The van der Waals surface area contributed by atoms with E-state index in [1.54, 1.807) is 11.1 Å². The van der Waals surface area contributed by atoms with Crippen LogP contribution in [0.5, 0.6) is 0 Å². The highest BCUT2D eigenvalue weighted by atomic mass is 35.5. The molecule has 1 aromatic heterocycles. The second-order valence-electron chi connectivity index (χ2n) is 3.95. The molecular weight excluding hydrogens is 246 g/mol. The Morgan fingerprint density at radius 3 is 3.19 bits per heavy atom. The Morgan fingerprint density at radius 2 is 2.56 bits per heavy atom. The third kappa shape index (κ3) is 2.93. The third-order valence-electron chi connectivity index (χ3n) is 2.69. The van der Waals surface area contributed by atoms with Gasteiger partial charge in [0.05, 0.1) is 6.20 Å². The summed E-state index contributed by atoms with van der Waals surface area (Å²) in [6.45, 7) is 1.50. The summed E-state index contributed by atoms with van der Waals surface area (Å²) in [5, 5.41) is 4.39. The quantitative estimate of drug-likeness (QED) is 0.895. The number of nitrogens with zero attached hydrogens (tertiary/aromatic N) is 2. The minimum absolute atomic E-state index is 0.232. The molecule has 2 heterocycles. The summed E-state index contributed by atoms with van der Waals surface area (Å²) in [4.78, 5) is 17.2. The molecule has 1 aliphatic rings. The maximum absolute atomic E-state index is 11.3. The van der Waals surface area contributed by atoms with E-state index in [0.29, 0.717) is 16.8 Å². The molecule has 1 fully saturated rings. The highest BCUT2D eigenvalue weighted by Gasteiger charge is 2.22. The van der Waals surface area contributed by atoms with E-state index in [4.69, 9.17) is 11.6 Å². The zero-order valence-electron chi connectivity index (χ0n) is 9.07. The molecule has 6 heteroatoms. The summed E-state index contributed by atoms with van der Waals surface area (Å²) in [5.74, 6) is 0.232. The first-order chi connectivity index (χ1) is 7.65. The van der Waals surface area contributed by atoms with Crippen molar-refractivity contribution in [3.8, 4) is 0 Å². The number of hydrogen-bond acceptors (Lipinski definition) is 4. The monoisotopic (exact) mass is 259 g/mol. The van der Waals surface area contributed by atoms with Gasteiger partial charge in [0.2, 0.25) is 5.91 Å². The lowest BCUT2D eigenvalue weighted by Gasteiger charge is -2.30. The van der Waals surface area contributed by atoms with Crippen LogP contribution in [0.3, 0.4) is 0 Å². The first kappa shape index (κ1) is 11.8. The smallest absolute Gasteiger partial charge is 0.222 e. The van der Waals surface area contributed by atoms with Crippen LogP contribution >= 0.6 is 22.9 Å². The maximum atomic E-state index is 11.3. The Labute approximate surface area is 104 Å². The zero-order valence-corrected chi connectivity index (χ0v) is 10.6. The van der Waals surface area contributed by atoms with Crippen LogP contribution < -0.4 is 5.32 Å². The van der Waals surface area contributed by atoms with Crippen molar-refractivity contribution in [1.29, 1.82) is 0 Å². The number of piperidine rings is 1. The van der Waals surface area contributed by atoms with E-state index >= 15 is 0 Å². The van der Waals surface area contributed by atoms with E-state index < -0.39 is 0 Å². The van der Waals surface area contributed by atoms with Gasteiger partial charge in [-0.25, -0.2) is 4.98 Å². The van der Waals surface area contributed by atoms with Crippen LogP contribution in [0.2, 0.25) is 4.34 Å². The number of carbonyl (C=O) groups excluding carboxylic acids is 1. The van der Waals surface area contributed by atoms with Crippen molar-refractivity contribution in [3.63, 3.8) is 0 Å². The average Bonchev–Trinajstić information content (AvgIpc) is 2.66. The van der Waals surface area contributed by atoms with Crippen molar-refractivity contribution in [2.24, 2.45) is 0 Å². The van der Waals surface area contributed by atoms with Crippen molar-refractivity contribution in [1.82, 2.24) is 15.2 Å². The molecule has 1 aliphatic heterocycles. The first-order valence-corrected chi connectivity index (χ1v) is 6.42. The molecular formula is C10H14ClN3OS. The lowest BCUT2D eigenvalue weighted by atomic mass is 10.1. The third-order valence-corrected chi connectivity index (χ3v) is 3.81. The number of aromatic nitrogens is 1. The number of rotatable bonds is 3. The Morgan fingerprint density at radius 1 is 1.75 bits per heavy atom. The van der Waals surface area contributed by atoms with Gasteiger partial charge in [-0.15, -0.1) is 11.3 Å². The average molecular weight is 260 g/mol. The Hall–Kier alpha value is -0.650. The SMILES string of the molecule is CN1CC(NCc2ncc(Cl)s2)CCC1=O. The summed E-state index contributed by atoms with van der Waals surface area (Å²) in [6, 6.07) is 0.366. The van der Waals surface area contributed by atoms with E-state index in [0.717, 1.165) is 24.5 Å². The topological polar surface area (TPSA) is 45.2 Å². The minimum Gasteiger partial charge on any atom is -0.344 e. The standard InChI is InChI=1S/C10H14ClN3OS/c1-14-6-7(2-3-10(14)15)12-5-9-13-4-8(11)16-9/h4,7,12H,2-3,5-6H2,1H3. The molecule has 0 aromatic carbocycles. The van der Waals surface area contributed by atoms with Gasteiger partial charge in [0.15, 0.2) is 0 Å². The second kappa shape index (κ2) is 5.12. The summed E-state index contributed by atoms with van der Waals surface area (Å²) >= 11 is 7.29. The van der Waals surface area contributed by atoms with Crippen LogP contribution in [0.1, 0.15) is 17.8 Å². The molecule has 1 aromatic rings. The fraction of sp³-hybridized carbons (Fsp3) is 0.600. The molecule has 1 atom stereocenters. The van der Waals surface area contributed by atoms with Crippen LogP contribution in [-0.4, -0.2) is 35.4 Å². The van der Waals surface area contributed by atoms with Crippen LogP contribution in [0, 0.1) is 0 Å². The van der Waals surface area contributed by atoms with Crippen molar-refractivity contribution >= 4 is 28.8 Å². The molecule has 0 bridgehead atoms. The lowest BCUT2D eigenvalue weighted by Crippen LogP contribution is -2.46. The molecule has 0 radical (unpaired) electrons. The van der Waals surface area contributed by atoms with Gasteiger partial charge in [0.25, 0.3) is 0 Å². The van der Waals surface area contributed by atoms with E-state index in [2.05, 4.69) is 10.3 Å². The zero-order chi connectivity index (χ0) is 11.5. The summed E-state index contributed by atoms with van der Waals surface area (Å²) in [7, 11) is 1.84. The Balaban J connectivity index is 1.80. The largest absolute Gasteiger partial charge is 0.344 e. The highest BCUT2D eigenvalue weighted by Crippen LogP contribution is 2.18. The molecule has 4 nitrogen and oxygen atoms in total. The van der Waals surface area contributed by atoms with Gasteiger partial charge in [-0.3, -0.25) is 4.79 Å². The molecule has 1 saturated heterocycles. The van der Waals surface area contributed by atoms with Gasteiger partial charge in [-0.1, -0.05) is 11.6 Å². The van der Waals surface area contributed by atoms with Gasteiger partial charge < -0.3 is 10.2 Å². The van der Waals surface area contributed by atoms with Crippen molar-refractivity contribution in [2.45, 2.75) is 25.4 Å². The molecule has 16 heavy (non-hydrogen) atoms. The molecule has 0 aliphatic carbocycles. The number of carbonyl (C=O) groups is 1. The fourth-order valence-corrected chi connectivity index (χ4v) is 2.69. The number of hydrogen-bond donors (Lipinski definition) is 1. The maximum Gasteiger partial charge on any atom is 0.222 e. The predicted octanol–water partition coefficient (Wildman–Crippen LogP) is 1.51. The number of amides is 1. The highest BCUT2D eigenvalue weighted by molar-refractivity contribution is 7.15. The van der Waals surface area contributed by atoms with Gasteiger partial charge in [0, 0.05) is 32.6 Å². The summed E-state index contributed by atoms with van der Waals surface area (Å²) in [5.41, 5.74) is 0.